The number of ether oxygens (including phenoxy) is 1. The van der Waals surface area contributed by atoms with Crippen LogP contribution in [0.1, 0.15) is 35.2 Å². The van der Waals surface area contributed by atoms with Crippen LogP contribution < -0.4 is 4.74 Å². The monoisotopic (exact) mass is 466 g/mol. The van der Waals surface area contributed by atoms with Gasteiger partial charge in [0.05, 0.1) is 23.1 Å². The number of pyridine rings is 1. The zero-order valence-electron chi connectivity index (χ0n) is 18.8. The summed E-state index contributed by atoms with van der Waals surface area (Å²) in [5.74, 6) is 0.755. The van der Waals surface area contributed by atoms with Crippen LogP contribution in [0, 0.1) is 6.92 Å². The van der Waals surface area contributed by atoms with Gasteiger partial charge in [0.1, 0.15) is 12.4 Å². The van der Waals surface area contributed by atoms with E-state index >= 15 is 0 Å². The molecule has 0 bridgehead atoms. The molecule has 176 valence electrons. The second-order valence-corrected chi connectivity index (χ2v) is 8.09. The molecule has 0 aliphatic heterocycles. The smallest absolute Gasteiger partial charge is 0.416 e. The number of hydrogen-bond acceptors (Lipinski definition) is 4. The Balaban J connectivity index is 1.32. The van der Waals surface area contributed by atoms with Gasteiger partial charge in [0.15, 0.2) is 0 Å². The molecule has 0 amide bonds. The lowest BCUT2D eigenvalue weighted by Gasteiger charge is -2.11. The van der Waals surface area contributed by atoms with Crippen molar-refractivity contribution in [3.63, 3.8) is 0 Å². The predicted molar refractivity (Wildman–Crippen MR) is 123 cm³/mol. The van der Waals surface area contributed by atoms with Crippen LogP contribution in [-0.2, 0) is 25.7 Å². The Morgan fingerprint density at radius 2 is 1.79 bits per heavy atom. The van der Waals surface area contributed by atoms with Gasteiger partial charge >= 0.3 is 6.18 Å². The molecule has 2 heterocycles. The van der Waals surface area contributed by atoms with E-state index in [-0.39, 0.29) is 6.61 Å². The molecule has 34 heavy (non-hydrogen) atoms. The molecule has 0 spiro atoms. The van der Waals surface area contributed by atoms with E-state index in [1.807, 2.05) is 35.1 Å². The van der Waals surface area contributed by atoms with E-state index in [9.17, 15) is 13.2 Å². The first-order chi connectivity index (χ1) is 16.4. The fourth-order valence-electron chi connectivity index (χ4n) is 3.69. The van der Waals surface area contributed by atoms with Crippen molar-refractivity contribution in [3.05, 3.63) is 95.4 Å². The number of aryl methyl sites for hydroxylation is 3. The summed E-state index contributed by atoms with van der Waals surface area (Å²) in [5.41, 5.74) is 3.71. The number of halogens is 3. The predicted octanol–water partition coefficient (Wildman–Crippen LogP) is 6.27. The molecule has 4 aromatic rings. The zero-order chi connectivity index (χ0) is 24.0. The summed E-state index contributed by atoms with van der Waals surface area (Å²) in [5, 5.41) is 7.79. The second-order valence-electron chi connectivity index (χ2n) is 8.09. The van der Waals surface area contributed by atoms with E-state index < -0.39 is 11.7 Å². The highest BCUT2D eigenvalue weighted by Gasteiger charge is 2.30. The maximum Gasteiger partial charge on any atom is 0.416 e. The summed E-state index contributed by atoms with van der Waals surface area (Å²) in [4.78, 5) is 4.54. The Morgan fingerprint density at radius 3 is 2.50 bits per heavy atom. The first-order valence-corrected chi connectivity index (χ1v) is 11.1. The minimum atomic E-state index is -4.35. The van der Waals surface area contributed by atoms with Gasteiger partial charge in [-0.3, -0.25) is 4.68 Å². The molecular weight excluding hydrogens is 441 g/mol. The van der Waals surface area contributed by atoms with E-state index in [0.29, 0.717) is 17.0 Å². The normalized spacial score (nSPS) is 11.5. The number of aromatic nitrogens is 4. The minimum absolute atomic E-state index is 0.269. The van der Waals surface area contributed by atoms with Gasteiger partial charge in [0.25, 0.3) is 0 Å². The van der Waals surface area contributed by atoms with E-state index in [4.69, 9.17) is 4.74 Å². The van der Waals surface area contributed by atoms with Gasteiger partial charge in [0, 0.05) is 18.3 Å². The fraction of sp³-hybridized carbons (Fsp3) is 0.269. The van der Waals surface area contributed by atoms with Gasteiger partial charge < -0.3 is 4.74 Å². The third-order valence-corrected chi connectivity index (χ3v) is 5.57. The number of benzene rings is 2. The summed E-state index contributed by atoms with van der Waals surface area (Å²) in [7, 11) is 0. The maximum absolute atomic E-state index is 12.8. The van der Waals surface area contributed by atoms with Crippen molar-refractivity contribution < 1.29 is 17.9 Å². The molecule has 0 aliphatic rings. The number of hydrogen-bond donors (Lipinski definition) is 0. The largest absolute Gasteiger partial charge is 0.487 e. The van der Waals surface area contributed by atoms with Crippen LogP contribution >= 0.6 is 0 Å². The molecule has 0 saturated heterocycles. The van der Waals surface area contributed by atoms with Crippen molar-refractivity contribution in [3.8, 4) is 17.0 Å². The van der Waals surface area contributed by atoms with Crippen LogP contribution in [0.25, 0.3) is 11.3 Å². The Labute approximate surface area is 196 Å². The van der Waals surface area contributed by atoms with Crippen LogP contribution in [-0.4, -0.2) is 20.0 Å². The number of rotatable bonds is 9. The first-order valence-electron chi connectivity index (χ1n) is 11.1. The van der Waals surface area contributed by atoms with Crippen molar-refractivity contribution in [1.29, 1.82) is 0 Å². The summed E-state index contributed by atoms with van der Waals surface area (Å²) in [6.07, 6.45) is 2.27. The maximum atomic E-state index is 12.8. The molecule has 5 nitrogen and oxygen atoms in total. The molecule has 0 fully saturated rings. The van der Waals surface area contributed by atoms with Crippen molar-refractivity contribution in [2.24, 2.45) is 0 Å². The fourth-order valence-corrected chi connectivity index (χ4v) is 3.69. The van der Waals surface area contributed by atoms with Crippen molar-refractivity contribution in [2.75, 3.05) is 0 Å². The van der Waals surface area contributed by atoms with Crippen LogP contribution in [0.2, 0.25) is 0 Å². The summed E-state index contributed by atoms with van der Waals surface area (Å²) in [6, 6.07) is 16.5. The van der Waals surface area contributed by atoms with Gasteiger partial charge in [0.2, 0.25) is 0 Å². The van der Waals surface area contributed by atoms with Gasteiger partial charge in [-0.05, 0) is 73.7 Å². The Morgan fingerprint density at radius 1 is 0.971 bits per heavy atom. The molecule has 2 aromatic heterocycles. The lowest BCUT2D eigenvalue weighted by Crippen LogP contribution is -2.04. The highest BCUT2D eigenvalue weighted by Crippen LogP contribution is 2.30. The molecule has 8 heteroatoms. The van der Waals surface area contributed by atoms with Crippen LogP contribution in [0.4, 0.5) is 13.2 Å². The highest BCUT2D eigenvalue weighted by atomic mass is 19.4. The van der Waals surface area contributed by atoms with Crippen molar-refractivity contribution in [1.82, 2.24) is 20.0 Å². The van der Waals surface area contributed by atoms with Crippen LogP contribution in [0.5, 0.6) is 5.75 Å². The Bertz CT molecular complexity index is 1210. The third-order valence-electron chi connectivity index (χ3n) is 5.57. The average Bonchev–Trinajstić information content (AvgIpc) is 3.35. The van der Waals surface area contributed by atoms with Crippen molar-refractivity contribution in [2.45, 2.75) is 45.5 Å². The van der Waals surface area contributed by atoms with Crippen LogP contribution in [0.15, 0.2) is 73.1 Å². The third kappa shape index (κ3) is 6.21. The average molecular weight is 467 g/mol. The number of unbranched alkanes of at least 4 members (excludes halogenated alkanes) is 1. The quantitative estimate of drug-likeness (QED) is 0.273. The lowest BCUT2D eigenvalue weighted by molar-refractivity contribution is -0.137. The topological polar surface area (TPSA) is 52.8 Å². The number of nitrogens with zero attached hydrogens (tertiary/aromatic N) is 4. The minimum Gasteiger partial charge on any atom is -0.487 e. The second kappa shape index (κ2) is 10.5. The van der Waals surface area contributed by atoms with E-state index in [1.54, 1.807) is 12.3 Å². The van der Waals surface area contributed by atoms with E-state index in [0.717, 1.165) is 43.7 Å². The molecule has 0 atom stereocenters. The SMILES string of the molecule is Cc1cc(OCc2cccc(-c3ccc(C(F)(F)F)cc3)n2)ccc1CCCCn1ccnn1. The standard InChI is InChI=1S/C26H25F3N4O/c1-19-17-24(13-10-20(19)5-2-3-15-33-16-14-30-32-33)34-18-23-6-4-7-25(31-23)21-8-11-22(12-9-21)26(27,28)29/h4,6-14,16-17H,2-3,5,15,18H2,1H3. The molecule has 0 saturated carbocycles. The molecule has 0 unspecified atom stereocenters. The van der Waals surface area contributed by atoms with E-state index in [2.05, 4.69) is 28.3 Å². The molecule has 2 aromatic carbocycles. The van der Waals surface area contributed by atoms with Gasteiger partial charge in [-0.2, -0.15) is 13.2 Å². The summed E-state index contributed by atoms with van der Waals surface area (Å²) in [6.45, 7) is 3.20. The van der Waals surface area contributed by atoms with Crippen molar-refractivity contribution >= 4 is 0 Å². The zero-order valence-corrected chi connectivity index (χ0v) is 18.8. The molecular formula is C26H25F3N4O. The Hall–Kier alpha value is -3.68. The Kier molecular flexibility index (Phi) is 7.25. The molecule has 4 rings (SSSR count). The van der Waals surface area contributed by atoms with Gasteiger partial charge in [-0.15, -0.1) is 5.10 Å². The van der Waals surface area contributed by atoms with E-state index in [1.165, 1.54) is 23.3 Å². The number of alkyl halides is 3. The van der Waals surface area contributed by atoms with Gasteiger partial charge in [-0.25, -0.2) is 4.98 Å². The summed E-state index contributed by atoms with van der Waals surface area (Å²) < 4.78 is 46.1. The van der Waals surface area contributed by atoms with Crippen LogP contribution in [0.3, 0.4) is 0 Å². The molecule has 0 aliphatic carbocycles. The summed E-state index contributed by atoms with van der Waals surface area (Å²) >= 11 is 0. The molecule has 0 radical (unpaired) electrons. The molecule has 0 N–H and O–H groups in total. The van der Waals surface area contributed by atoms with Gasteiger partial charge in [-0.1, -0.05) is 29.5 Å². The first kappa shape index (κ1) is 23.5. The lowest BCUT2D eigenvalue weighted by atomic mass is 10.0. The highest BCUT2D eigenvalue weighted by molar-refractivity contribution is 5.59.